The minimum absolute atomic E-state index is 0.0354. The third-order valence-corrected chi connectivity index (χ3v) is 5.32. The molecule has 0 bridgehead atoms. The standard InChI is InChI=1S/C16H16N6O6S/c1-10-11(2)19-28-16(10)20-29(26,27)14-5-3-12(4-6-14)18-15(23)9-21-8-13(7-17-21)22(24)25/h3-8,20H,9H2,1-2H3,(H,18,23). The molecule has 152 valence electrons. The molecule has 1 aromatic carbocycles. The van der Waals surface area contributed by atoms with Crippen LogP contribution in [-0.2, 0) is 21.4 Å². The van der Waals surface area contributed by atoms with Gasteiger partial charge >= 0.3 is 5.69 Å². The highest BCUT2D eigenvalue weighted by atomic mass is 32.2. The number of carbonyl (C=O) groups is 1. The van der Waals surface area contributed by atoms with Gasteiger partial charge in [0.05, 0.1) is 15.5 Å². The van der Waals surface area contributed by atoms with E-state index in [0.29, 0.717) is 16.9 Å². The first-order valence-corrected chi connectivity index (χ1v) is 9.66. The molecule has 1 amide bonds. The van der Waals surface area contributed by atoms with Gasteiger partial charge in [0.25, 0.3) is 10.0 Å². The molecular formula is C16H16N6O6S. The van der Waals surface area contributed by atoms with Crippen LogP contribution >= 0.6 is 0 Å². The molecule has 0 saturated carbocycles. The third kappa shape index (κ3) is 4.57. The Morgan fingerprint density at radius 2 is 1.97 bits per heavy atom. The second kappa shape index (κ2) is 7.71. The summed E-state index contributed by atoms with van der Waals surface area (Å²) in [4.78, 5) is 22.0. The van der Waals surface area contributed by atoms with Gasteiger partial charge in [0, 0.05) is 11.3 Å². The Hall–Kier alpha value is -3.74. The Balaban J connectivity index is 1.65. The molecule has 0 fully saturated rings. The summed E-state index contributed by atoms with van der Waals surface area (Å²) in [6.07, 6.45) is 2.17. The van der Waals surface area contributed by atoms with Crippen LogP contribution in [0.4, 0.5) is 17.3 Å². The Bertz CT molecular complexity index is 1160. The highest BCUT2D eigenvalue weighted by Gasteiger charge is 2.19. The van der Waals surface area contributed by atoms with Crippen LogP contribution in [0.5, 0.6) is 0 Å². The molecule has 0 aliphatic heterocycles. The highest BCUT2D eigenvalue weighted by molar-refractivity contribution is 7.92. The number of hydrogen-bond donors (Lipinski definition) is 2. The van der Waals surface area contributed by atoms with Crippen molar-refractivity contribution in [3.8, 4) is 0 Å². The fraction of sp³-hybridized carbons (Fsp3) is 0.188. The van der Waals surface area contributed by atoms with Crippen molar-refractivity contribution in [2.24, 2.45) is 0 Å². The molecule has 0 unspecified atom stereocenters. The van der Waals surface area contributed by atoms with E-state index in [0.717, 1.165) is 17.1 Å². The third-order valence-electron chi connectivity index (χ3n) is 3.97. The van der Waals surface area contributed by atoms with Crippen LogP contribution in [0.2, 0.25) is 0 Å². The van der Waals surface area contributed by atoms with Crippen molar-refractivity contribution in [3.63, 3.8) is 0 Å². The van der Waals surface area contributed by atoms with Gasteiger partial charge in [0.1, 0.15) is 18.9 Å². The average molecular weight is 420 g/mol. The number of nitro groups is 1. The van der Waals surface area contributed by atoms with E-state index in [2.05, 4.69) is 20.3 Å². The maximum absolute atomic E-state index is 12.4. The molecule has 2 N–H and O–H groups in total. The molecule has 2 heterocycles. The van der Waals surface area contributed by atoms with Gasteiger partial charge in [-0.05, 0) is 38.1 Å². The van der Waals surface area contributed by atoms with Crippen molar-refractivity contribution in [3.05, 3.63) is 58.0 Å². The number of nitrogens with one attached hydrogen (secondary N) is 2. The number of aryl methyl sites for hydroxylation is 1. The molecule has 0 atom stereocenters. The molecule has 0 saturated heterocycles. The normalized spacial score (nSPS) is 11.2. The van der Waals surface area contributed by atoms with Crippen LogP contribution in [0, 0.1) is 24.0 Å². The zero-order valence-corrected chi connectivity index (χ0v) is 16.1. The predicted molar refractivity (Wildman–Crippen MR) is 101 cm³/mol. The molecule has 0 aliphatic carbocycles. The van der Waals surface area contributed by atoms with E-state index < -0.39 is 20.9 Å². The Labute approximate surface area is 164 Å². The first kappa shape index (κ1) is 20.0. The van der Waals surface area contributed by atoms with Crippen LogP contribution in [0.25, 0.3) is 0 Å². The Kier molecular flexibility index (Phi) is 5.32. The van der Waals surface area contributed by atoms with Gasteiger partial charge in [-0.1, -0.05) is 5.16 Å². The quantitative estimate of drug-likeness (QED) is 0.432. The maximum Gasteiger partial charge on any atom is 0.307 e. The zero-order chi connectivity index (χ0) is 21.2. The zero-order valence-electron chi connectivity index (χ0n) is 15.3. The van der Waals surface area contributed by atoms with E-state index in [1.807, 2.05) is 0 Å². The number of nitrogens with zero attached hydrogens (tertiary/aromatic N) is 4. The minimum Gasteiger partial charge on any atom is -0.337 e. The van der Waals surface area contributed by atoms with E-state index in [4.69, 9.17) is 4.52 Å². The molecule has 0 spiro atoms. The summed E-state index contributed by atoms with van der Waals surface area (Å²) in [7, 11) is -3.90. The second-order valence-corrected chi connectivity index (χ2v) is 7.74. The summed E-state index contributed by atoms with van der Waals surface area (Å²) < 4.78 is 33.3. The average Bonchev–Trinajstić information content (AvgIpc) is 3.24. The number of carbonyl (C=O) groups excluding carboxylic acids is 1. The predicted octanol–water partition coefficient (Wildman–Crippen LogP) is 1.84. The van der Waals surface area contributed by atoms with E-state index in [1.54, 1.807) is 13.8 Å². The molecule has 3 rings (SSSR count). The first-order chi connectivity index (χ1) is 13.7. The summed E-state index contributed by atoms with van der Waals surface area (Å²) in [5, 5.41) is 20.6. The van der Waals surface area contributed by atoms with Crippen LogP contribution in [0.1, 0.15) is 11.3 Å². The van der Waals surface area contributed by atoms with Crippen molar-refractivity contribution in [2.75, 3.05) is 10.0 Å². The van der Waals surface area contributed by atoms with Crippen LogP contribution < -0.4 is 10.0 Å². The first-order valence-electron chi connectivity index (χ1n) is 8.18. The van der Waals surface area contributed by atoms with Crippen molar-refractivity contribution >= 4 is 33.2 Å². The van der Waals surface area contributed by atoms with Crippen LogP contribution in [0.3, 0.4) is 0 Å². The summed E-state index contributed by atoms with van der Waals surface area (Å²) in [5.41, 5.74) is 1.28. The number of rotatable bonds is 7. The lowest BCUT2D eigenvalue weighted by molar-refractivity contribution is -0.385. The second-order valence-electron chi connectivity index (χ2n) is 6.05. The van der Waals surface area contributed by atoms with Crippen molar-refractivity contribution in [1.29, 1.82) is 0 Å². The van der Waals surface area contributed by atoms with Crippen molar-refractivity contribution in [1.82, 2.24) is 14.9 Å². The molecule has 2 aromatic heterocycles. The van der Waals surface area contributed by atoms with Gasteiger partial charge in [-0.25, -0.2) is 13.1 Å². The summed E-state index contributed by atoms with van der Waals surface area (Å²) in [6.45, 7) is 3.13. The number of aromatic nitrogens is 3. The van der Waals surface area contributed by atoms with Crippen molar-refractivity contribution < 1.29 is 22.7 Å². The van der Waals surface area contributed by atoms with Gasteiger partial charge in [0.15, 0.2) is 0 Å². The molecule has 12 nitrogen and oxygen atoms in total. The summed E-state index contributed by atoms with van der Waals surface area (Å²) in [6, 6.07) is 5.46. The van der Waals surface area contributed by atoms with Crippen molar-refractivity contribution in [2.45, 2.75) is 25.3 Å². The maximum atomic E-state index is 12.4. The molecule has 0 radical (unpaired) electrons. The number of amides is 1. The number of sulfonamides is 1. The Morgan fingerprint density at radius 3 is 2.52 bits per heavy atom. The van der Waals surface area contributed by atoms with E-state index in [9.17, 15) is 23.3 Å². The Morgan fingerprint density at radius 1 is 1.28 bits per heavy atom. The summed E-state index contributed by atoms with van der Waals surface area (Å²) >= 11 is 0. The van der Waals surface area contributed by atoms with Crippen LogP contribution in [0.15, 0.2) is 46.1 Å². The van der Waals surface area contributed by atoms with Gasteiger partial charge in [-0.3, -0.25) is 19.6 Å². The molecular weight excluding hydrogens is 404 g/mol. The highest BCUT2D eigenvalue weighted by Crippen LogP contribution is 2.22. The van der Waals surface area contributed by atoms with Gasteiger partial charge < -0.3 is 9.84 Å². The lowest BCUT2D eigenvalue weighted by Gasteiger charge is -2.08. The summed E-state index contributed by atoms with van der Waals surface area (Å²) in [5.74, 6) is -0.447. The van der Waals surface area contributed by atoms with E-state index in [1.165, 1.54) is 24.3 Å². The van der Waals surface area contributed by atoms with Gasteiger partial charge in [0.2, 0.25) is 11.8 Å². The lowest BCUT2D eigenvalue weighted by atomic mass is 10.3. The number of hydrogen-bond acceptors (Lipinski definition) is 8. The minimum atomic E-state index is -3.90. The number of benzene rings is 1. The number of anilines is 2. The lowest BCUT2D eigenvalue weighted by Crippen LogP contribution is -2.19. The van der Waals surface area contributed by atoms with Gasteiger partial charge in [-0.2, -0.15) is 5.10 Å². The molecule has 0 aliphatic rings. The smallest absolute Gasteiger partial charge is 0.307 e. The molecule has 3 aromatic rings. The largest absolute Gasteiger partial charge is 0.337 e. The fourth-order valence-corrected chi connectivity index (χ4v) is 3.34. The van der Waals surface area contributed by atoms with Crippen LogP contribution in [-0.4, -0.2) is 34.2 Å². The topological polar surface area (TPSA) is 162 Å². The SMILES string of the molecule is Cc1noc(NS(=O)(=O)c2ccc(NC(=O)Cn3cc([N+](=O)[O-])cn3)cc2)c1C. The fourth-order valence-electron chi connectivity index (χ4n) is 2.29. The monoisotopic (exact) mass is 420 g/mol. The van der Waals surface area contributed by atoms with E-state index >= 15 is 0 Å². The van der Waals surface area contributed by atoms with Gasteiger partial charge in [-0.15, -0.1) is 0 Å². The van der Waals surface area contributed by atoms with E-state index in [-0.39, 0.29) is 23.0 Å². The molecule has 29 heavy (non-hydrogen) atoms. The molecule has 13 heteroatoms.